The molecule has 28 heavy (non-hydrogen) atoms. The average Bonchev–Trinajstić information content (AvgIpc) is 3.08. The van der Waals surface area contributed by atoms with Gasteiger partial charge in [0, 0.05) is 5.69 Å². The number of nitriles is 1. The van der Waals surface area contributed by atoms with Crippen molar-refractivity contribution in [2.24, 2.45) is 0 Å². The summed E-state index contributed by atoms with van der Waals surface area (Å²) >= 11 is 13.2. The van der Waals surface area contributed by atoms with Crippen LogP contribution in [0, 0.1) is 11.3 Å². The van der Waals surface area contributed by atoms with E-state index in [4.69, 9.17) is 34.8 Å². The van der Waals surface area contributed by atoms with Gasteiger partial charge in [-0.1, -0.05) is 22.9 Å². The zero-order valence-corrected chi connectivity index (χ0v) is 17.3. The van der Waals surface area contributed by atoms with Gasteiger partial charge in [0.15, 0.2) is 10.2 Å². The standard InChI is InChI=1S/C19H14ClN5OS2/c1-19(2)16(26)24(11-4-3-10(9-21)13(20)7-11)18(27)25(19)12-5-6-15-14(8-12)23-17(22)28-15/h3-8H,1-2H3,(H2,22,23). The maximum atomic E-state index is 13.2. The second-order valence-corrected chi connectivity index (χ2v) is 8.63. The zero-order chi connectivity index (χ0) is 20.2. The number of fused-ring (bicyclic) bond motifs is 1. The third-order valence-electron chi connectivity index (χ3n) is 4.65. The van der Waals surface area contributed by atoms with Crippen LogP contribution in [0.2, 0.25) is 5.02 Å². The summed E-state index contributed by atoms with van der Waals surface area (Å²) in [5, 5.41) is 10.2. The molecular weight excluding hydrogens is 414 g/mol. The average molecular weight is 428 g/mol. The second-order valence-electron chi connectivity index (χ2n) is 6.80. The molecule has 0 radical (unpaired) electrons. The fraction of sp³-hybridized carbons (Fsp3) is 0.158. The maximum absolute atomic E-state index is 13.2. The summed E-state index contributed by atoms with van der Waals surface area (Å²) in [6.45, 7) is 3.62. The topological polar surface area (TPSA) is 86.2 Å². The number of thiazole rings is 1. The van der Waals surface area contributed by atoms with Crippen LogP contribution < -0.4 is 15.5 Å². The van der Waals surface area contributed by atoms with Gasteiger partial charge in [-0.25, -0.2) is 4.98 Å². The molecule has 0 unspecified atom stereocenters. The molecule has 0 aliphatic carbocycles. The van der Waals surface area contributed by atoms with Gasteiger partial charge in [-0.2, -0.15) is 5.26 Å². The molecule has 1 aliphatic rings. The Labute approximate surface area is 175 Å². The molecule has 0 atom stereocenters. The number of rotatable bonds is 2. The van der Waals surface area contributed by atoms with Crippen LogP contribution in [0.25, 0.3) is 10.2 Å². The first-order chi connectivity index (χ1) is 13.2. The number of nitrogens with two attached hydrogens (primary N) is 1. The molecule has 1 amide bonds. The molecule has 4 rings (SSSR count). The number of halogens is 1. The maximum Gasteiger partial charge on any atom is 0.259 e. The van der Waals surface area contributed by atoms with Crippen LogP contribution in [0.3, 0.4) is 0 Å². The summed E-state index contributed by atoms with van der Waals surface area (Å²) in [5.41, 5.74) is 7.26. The van der Waals surface area contributed by atoms with Crippen LogP contribution in [-0.4, -0.2) is 21.5 Å². The molecule has 9 heteroatoms. The minimum absolute atomic E-state index is 0.184. The number of amides is 1. The number of anilines is 3. The van der Waals surface area contributed by atoms with Crippen molar-refractivity contribution in [3.63, 3.8) is 0 Å². The predicted molar refractivity (Wildman–Crippen MR) is 117 cm³/mol. The van der Waals surface area contributed by atoms with Gasteiger partial charge in [-0.3, -0.25) is 9.69 Å². The van der Waals surface area contributed by atoms with E-state index in [2.05, 4.69) is 4.98 Å². The molecule has 3 aromatic rings. The summed E-state index contributed by atoms with van der Waals surface area (Å²) in [6, 6.07) is 12.5. The molecule has 6 nitrogen and oxygen atoms in total. The SMILES string of the molecule is CC1(C)C(=O)N(c2ccc(C#N)c(Cl)c2)C(=S)N1c1ccc2sc(N)nc2c1. The summed E-state index contributed by atoms with van der Waals surface area (Å²) in [6.07, 6.45) is 0. The lowest BCUT2D eigenvalue weighted by atomic mass is 10.0. The van der Waals surface area contributed by atoms with Crippen molar-refractivity contribution in [1.82, 2.24) is 4.98 Å². The van der Waals surface area contributed by atoms with Crippen molar-refractivity contribution < 1.29 is 4.79 Å². The molecule has 1 saturated heterocycles. The van der Waals surface area contributed by atoms with Crippen LogP contribution in [0.4, 0.5) is 16.5 Å². The summed E-state index contributed by atoms with van der Waals surface area (Å²) in [7, 11) is 0. The highest BCUT2D eigenvalue weighted by Crippen LogP contribution is 2.38. The molecule has 2 heterocycles. The lowest BCUT2D eigenvalue weighted by Gasteiger charge is -2.29. The van der Waals surface area contributed by atoms with Gasteiger partial charge in [0.2, 0.25) is 0 Å². The Bertz CT molecular complexity index is 1200. The van der Waals surface area contributed by atoms with Crippen LogP contribution in [-0.2, 0) is 4.79 Å². The number of aromatic nitrogens is 1. The lowest BCUT2D eigenvalue weighted by molar-refractivity contribution is -0.120. The Balaban J connectivity index is 1.80. The van der Waals surface area contributed by atoms with Gasteiger partial charge in [-0.05, 0) is 62.5 Å². The lowest BCUT2D eigenvalue weighted by Crippen LogP contribution is -2.44. The number of carbonyl (C=O) groups is 1. The summed E-state index contributed by atoms with van der Waals surface area (Å²) in [4.78, 5) is 20.8. The second kappa shape index (κ2) is 6.41. The largest absolute Gasteiger partial charge is 0.375 e. The third-order valence-corrected chi connectivity index (χ3v) is 6.19. The molecule has 1 aliphatic heterocycles. The van der Waals surface area contributed by atoms with Crippen LogP contribution >= 0.6 is 35.2 Å². The fourth-order valence-corrected chi connectivity index (χ4v) is 4.72. The Morgan fingerprint density at radius 2 is 1.96 bits per heavy atom. The number of hydrogen-bond acceptors (Lipinski definition) is 6. The van der Waals surface area contributed by atoms with E-state index < -0.39 is 5.54 Å². The highest BCUT2D eigenvalue weighted by atomic mass is 35.5. The first-order valence-corrected chi connectivity index (χ1v) is 9.89. The van der Waals surface area contributed by atoms with Crippen LogP contribution in [0.15, 0.2) is 36.4 Å². The van der Waals surface area contributed by atoms with E-state index in [0.717, 1.165) is 15.9 Å². The smallest absolute Gasteiger partial charge is 0.259 e. The van der Waals surface area contributed by atoms with Crippen molar-refractivity contribution in [2.75, 3.05) is 15.5 Å². The Hall–Kier alpha value is -2.73. The minimum Gasteiger partial charge on any atom is -0.375 e. The first-order valence-electron chi connectivity index (χ1n) is 8.28. The molecular formula is C19H14ClN5OS2. The molecule has 0 spiro atoms. The summed E-state index contributed by atoms with van der Waals surface area (Å²) in [5.74, 6) is -0.184. The van der Waals surface area contributed by atoms with Crippen molar-refractivity contribution in [1.29, 1.82) is 5.26 Å². The number of nitrogen functional groups attached to an aromatic ring is 1. The highest BCUT2D eigenvalue weighted by molar-refractivity contribution is 7.81. The van der Waals surface area contributed by atoms with Crippen molar-refractivity contribution in [3.05, 3.63) is 47.0 Å². The van der Waals surface area contributed by atoms with E-state index in [9.17, 15) is 4.79 Å². The van der Waals surface area contributed by atoms with Crippen molar-refractivity contribution in [2.45, 2.75) is 19.4 Å². The number of carbonyl (C=O) groups excluding carboxylic acids is 1. The van der Waals surface area contributed by atoms with Crippen molar-refractivity contribution >= 4 is 72.9 Å². The van der Waals surface area contributed by atoms with Gasteiger partial charge in [0.25, 0.3) is 5.91 Å². The van der Waals surface area contributed by atoms with Gasteiger partial charge in [-0.15, -0.1) is 0 Å². The quantitative estimate of drug-likeness (QED) is 0.613. The van der Waals surface area contributed by atoms with Gasteiger partial charge >= 0.3 is 0 Å². The summed E-state index contributed by atoms with van der Waals surface area (Å²) < 4.78 is 0.964. The normalized spacial score (nSPS) is 16.1. The number of benzene rings is 2. The van der Waals surface area contributed by atoms with E-state index in [0.29, 0.717) is 21.5 Å². The van der Waals surface area contributed by atoms with Crippen LogP contribution in [0.1, 0.15) is 19.4 Å². The Morgan fingerprint density at radius 3 is 2.64 bits per heavy atom. The van der Waals surface area contributed by atoms with Crippen molar-refractivity contribution in [3.8, 4) is 6.07 Å². The number of thiocarbonyl (C=S) groups is 1. The first kappa shape index (κ1) is 18.6. The highest BCUT2D eigenvalue weighted by Gasteiger charge is 2.50. The van der Waals surface area contributed by atoms with E-state index in [1.54, 1.807) is 23.1 Å². The molecule has 0 bridgehead atoms. The molecule has 1 aromatic heterocycles. The molecule has 0 saturated carbocycles. The Morgan fingerprint density at radius 1 is 1.25 bits per heavy atom. The molecule has 140 valence electrons. The molecule has 2 aromatic carbocycles. The van der Waals surface area contributed by atoms with Gasteiger partial charge < -0.3 is 10.6 Å². The van der Waals surface area contributed by atoms with Gasteiger partial charge in [0.05, 0.1) is 26.5 Å². The van der Waals surface area contributed by atoms with Gasteiger partial charge in [0.1, 0.15) is 11.6 Å². The number of nitrogens with zero attached hydrogens (tertiary/aromatic N) is 4. The van der Waals surface area contributed by atoms with Crippen LogP contribution in [0.5, 0.6) is 0 Å². The van der Waals surface area contributed by atoms with E-state index in [1.165, 1.54) is 16.2 Å². The zero-order valence-electron chi connectivity index (χ0n) is 14.9. The van der Waals surface area contributed by atoms with E-state index in [1.807, 2.05) is 38.1 Å². The minimum atomic E-state index is -0.910. The monoisotopic (exact) mass is 427 g/mol. The third kappa shape index (κ3) is 2.71. The number of hydrogen-bond donors (Lipinski definition) is 1. The molecule has 2 N–H and O–H groups in total. The Kier molecular flexibility index (Phi) is 4.27. The van der Waals surface area contributed by atoms with E-state index >= 15 is 0 Å². The molecule has 1 fully saturated rings. The fourth-order valence-electron chi connectivity index (χ4n) is 3.26. The predicted octanol–water partition coefficient (Wildman–Crippen LogP) is 4.32. The van der Waals surface area contributed by atoms with E-state index in [-0.39, 0.29) is 10.9 Å².